The van der Waals surface area contributed by atoms with Crippen molar-refractivity contribution < 1.29 is 4.79 Å². The van der Waals surface area contributed by atoms with Crippen LogP contribution in [0.25, 0.3) is 5.43 Å². The monoisotopic (exact) mass is 135 g/mol. The van der Waals surface area contributed by atoms with E-state index in [1.165, 1.54) is 0 Å². The van der Waals surface area contributed by atoms with E-state index in [2.05, 4.69) is 23.0 Å². The molecule has 1 aliphatic carbocycles. The number of hydrogen-bond donors (Lipinski definition) is 1. The Morgan fingerprint density at radius 2 is 2.10 bits per heavy atom. The molecular formula is C7H9N3. The van der Waals surface area contributed by atoms with Crippen LogP contribution in [0.5, 0.6) is 0 Å². The van der Waals surface area contributed by atoms with Gasteiger partial charge in [-0.2, -0.15) is 0 Å². The molecule has 1 aliphatic heterocycles. The smallest absolute Gasteiger partial charge is 0.170 e. The van der Waals surface area contributed by atoms with Gasteiger partial charge >= 0.3 is 0 Å². The van der Waals surface area contributed by atoms with Crippen molar-refractivity contribution in [3.05, 3.63) is 29.7 Å². The highest BCUT2D eigenvalue weighted by Crippen LogP contribution is 2.01. The zero-order valence-corrected chi connectivity index (χ0v) is 5.57. The lowest BCUT2D eigenvalue weighted by atomic mass is 10.3. The fourth-order valence-electron chi connectivity index (χ4n) is 0.927. The predicted molar refractivity (Wildman–Crippen MR) is 39.8 cm³/mol. The van der Waals surface area contributed by atoms with Gasteiger partial charge in [0.2, 0.25) is 0 Å². The second-order valence-corrected chi connectivity index (χ2v) is 2.28. The van der Waals surface area contributed by atoms with Crippen molar-refractivity contribution in [2.75, 3.05) is 6.54 Å². The van der Waals surface area contributed by atoms with E-state index in [1.54, 1.807) is 4.79 Å². The molecule has 0 aromatic rings. The maximum Gasteiger partial charge on any atom is 0.170 e. The molecule has 0 aromatic carbocycles. The molecule has 52 valence electrons. The molecule has 10 heavy (non-hydrogen) atoms. The van der Waals surface area contributed by atoms with Gasteiger partial charge < -0.3 is 0 Å². The van der Waals surface area contributed by atoms with Crippen molar-refractivity contribution in [1.82, 2.24) is 5.43 Å². The second kappa shape index (κ2) is 2.17. The number of hydrogen-bond acceptors (Lipinski definition) is 1. The van der Waals surface area contributed by atoms with Crippen LogP contribution >= 0.6 is 0 Å². The van der Waals surface area contributed by atoms with Crippen LogP contribution in [-0.2, 0) is 0 Å². The molecule has 0 radical (unpaired) electrons. The fraction of sp³-hybridized carbons (Fsp3) is 0.286. The van der Waals surface area contributed by atoms with Crippen LogP contribution in [-0.4, -0.2) is 23.6 Å². The Hall–Kier alpha value is -1.25. The van der Waals surface area contributed by atoms with Crippen LogP contribution in [0.3, 0.4) is 0 Å². The maximum atomic E-state index is 4.03. The van der Waals surface area contributed by atoms with E-state index in [-0.39, 0.29) is 0 Å². The Morgan fingerprint density at radius 1 is 1.40 bits per heavy atom. The normalized spacial score (nSPS) is 21.8. The fourth-order valence-corrected chi connectivity index (χ4v) is 0.927. The van der Waals surface area contributed by atoms with Gasteiger partial charge in [-0.05, 0) is 0 Å². The topological polar surface area (TPSA) is 29.1 Å². The summed E-state index contributed by atoms with van der Waals surface area (Å²) in [6.45, 7) is 0.840. The lowest BCUT2D eigenvalue weighted by molar-refractivity contribution is -0.557. The molecule has 2 aliphatic rings. The summed E-state index contributed by atoms with van der Waals surface area (Å²) in [6.07, 6.45) is 10.2. The maximum absolute atomic E-state index is 4.03. The van der Waals surface area contributed by atoms with Crippen molar-refractivity contribution >= 4 is 6.21 Å². The average molecular weight is 135 g/mol. The van der Waals surface area contributed by atoms with Crippen molar-refractivity contribution in [2.45, 2.75) is 6.04 Å². The van der Waals surface area contributed by atoms with E-state index in [9.17, 15) is 0 Å². The zero-order valence-electron chi connectivity index (χ0n) is 5.57. The first kappa shape index (κ1) is 5.53. The molecule has 0 spiro atoms. The van der Waals surface area contributed by atoms with Crippen LogP contribution in [0.1, 0.15) is 0 Å². The van der Waals surface area contributed by atoms with Gasteiger partial charge in [0.05, 0.1) is 6.54 Å². The summed E-state index contributed by atoms with van der Waals surface area (Å²) in [6, 6.07) is 0.334. The summed E-state index contributed by atoms with van der Waals surface area (Å²) < 4.78 is 0. The first-order chi connectivity index (χ1) is 4.95. The molecule has 1 heterocycles. The molecule has 0 fully saturated rings. The van der Waals surface area contributed by atoms with Gasteiger partial charge in [0, 0.05) is 6.04 Å². The minimum atomic E-state index is 0.334. The lowest BCUT2D eigenvalue weighted by Crippen LogP contribution is -2.39. The molecule has 2 rings (SSSR count). The van der Waals surface area contributed by atoms with Crippen molar-refractivity contribution in [2.24, 2.45) is 0 Å². The standard InChI is InChI=1S/C7H9N3/c1-2-4-7(3-1)9-10-6-5-8-10/h1-4,6-7H,5H2,(H,8,9). The first-order valence-corrected chi connectivity index (χ1v) is 3.36. The van der Waals surface area contributed by atoms with E-state index >= 15 is 0 Å². The highest BCUT2D eigenvalue weighted by molar-refractivity contribution is 5.60. The van der Waals surface area contributed by atoms with E-state index in [1.807, 2.05) is 18.4 Å². The molecule has 0 amide bonds. The largest absolute Gasteiger partial charge is 0.276 e. The van der Waals surface area contributed by atoms with Gasteiger partial charge in [0.15, 0.2) is 6.21 Å². The van der Waals surface area contributed by atoms with Crippen molar-refractivity contribution in [3.63, 3.8) is 0 Å². The molecule has 0 saturated heterocycles. The number of rotatable bonds is 2. The summed E-state index contributed by atoms with van der Waals surface area (Å²) in [5.41, 5.74) is 7.18. The van der Waals surface area contributed by atoms with E-state index in [4.69, 9.17) is 0 Å². The summed E-state index contributed by atoms with van der Waals surface area (Å²) >= 11 is 0. The van der Waals surface area contributed by atoms with Crippen LogP contribution in [0.2, 0.25) is 0 Å². The number of nitrogens with one attached hydrogen (secondary N) is 1. The summed E-state index contributed by atoms with van der Waals surface area (Å²) in [5.74, 6) is 0. The molecule has 1 N–H and O–H groups in total. The molecule has 0 saturated carbocycles. The Bertz CT molecular complexity index is 203. The Labute approximate surface area is 59.7 Å². The molecule has 0 aromatic heterocycles. The van der Waals surface area contributed by atoms with Crippen molar-refractivity contribution in [3.8, 4) is 0 Å². The highest BCUT2D eigenvalue weighted by atomic mass is 15.7. The third-order valence-corrected chi connectivity index (χ3v) is 1.52. The van der Waals surface area contributed by atoms with Gasteiger partial charge in [-0.15, -0.1) is 4.79 Å². The molecular weight excluding hydrogens is 126 g/mol. The minimum absolute atomic E-state index is 0.334. The Balaban J connectivity index is 1.90. The lowest BCUT2D eigenvalue weighted by Gasteiger charge is -2.20. The molecule has 0 atom stereocenters. The van der Waals surface area contributed by atoms with Gasteiger partial charge in [-0.3, -0.25) is 5.43 Å². The SMILES string of the molecule is C1=CC(N[N+]2=CC[N-]2)C=C1. The van der Waals surface area contributed by atoms with Gasteiger partial charge in [0.1, 0.15) is 0 Å². The quantitative estimate of drug-likeness (QED) is 0.544. The number of allylic oxidation sites excluding steroid dienone is 2. The Morgan fingerprint density at radius 3 is 2.60 bits per heavy atom. The van der Waals surface area contributed by atoms with Crippen LogP contribution in [0.4, 0.5) is 0 Å². The van der Waals surface area contributed by atoms with E-state index in [0.29, 0.717) is 6.04 Å². The van der Waals surface area contributed by atoms with E-state index < -0.39 is 0 Å². The molecule has 0 unspecified atom stereocenters. The van der Waals surface area contributed by atoms with Crippen LogP contribution < -0.4 is 5.43 Å². The molecule has 3 nitrogen and oxygen atoms in total. The summed E-state index contributed by atoms with van der Waals surface area (Å²) in [5, 5.41) is 0. The van der Waals surface area contributed by atoms with Crippen LogP contribution in [0, 0.1) is 0 Å². The number of nitrogens with zero attached hydrogens (tertiary/aromatic N) is 2. The molecule has 3 heteroatoms. The summed E-state index contributed by atoms with van der Waals surface area (Å²) in [7, 11) is 0. The van der Waals surface area contributed by atoms with E-state index in [0.717, 1.165) is 6.54 Å². The first-order valence-electron chi connectivity index (χ1n) is 3.36. The highest BCUT2D eigenvalue weighted by Gasteiger charge is 2.08. The zero-order chi connectivity index (χ0) is 6.81. The second-order valence-electron chi connectivity index (χ2n) is 2.28. The Kier molecular flexibility index (Phi) is 1.20. The van der Waals surface area contributed by atoms with Crippen molar-refractivity contribution in [1.29, 1.82) is 0 Å². The predicted octanol–water partition coefficient (Wildman–Crippen LogP) is 0.371. The van der Waals surface area contributed by atoms with Crippen LogP contribution in [0.15, 0.2) is 24.3 Å². The third-order valence-electron chi connectivity index (χ3n) is 1.52. The third kappa shape index (κ3) is 0.900. The number of hydrazone groups is 1. The molecule has 0 bridgehead atoms. The van der Waals surface area contributed by atoms with Gasteiger partial charge in [-0.25, -0.2) is 5.43 Å². The van der Waals surface area contributed by atoms with Gasteiger partial charge in [0.25, 0.3) is 0 Å². The minimum Gasteiger partial charge on any atom is -0.276 e. The summed E-state index contributed by atoms with van der Waals surface area (Å²) in [4.78, 5) is 1.75. The average Bonchev–Trinajstić information content (AvgIpc) is 2.29. The number of hydrazine groups is 1. The van der Waals surface area contributed by atoms with Gasteiger partial charge in [-0.1, -0.05) is 24.3 Å².